The largest absolute Gasteiger partial charge is 0.388 e. The van der Waals surface area contributed by atoms with E-state index in [-0.39, 0.29) is 28.9 Å². The van der Waals surface area contributed by atoms with Gasteiger partial charge in [0.2, 0.25) is 0 Å². The highest BCUT2D eigenvalue weighted by Gasteiger charge is 2.30. The van der Waals surface area contributed by atoms with Crippen molar-refractivity contribution >= 4 is 17.7 Å². The standard InChI is InChI=1S/C14H18F2N2O2S/c15-13(16)21-12-10(5-4-8-17-12)11(19)18-9-14(20)6-2-1-3-7-14/h4-5,8,13,20H,1-3,6-7,9H2,(H,18,19). The van der Waals surface area contributed by atoms with E-state index in [4.69, 9.17) is 0 Å². The lowest BCUT2D eigenvalue weighted by Gasteiger charge is -2.32. The Hall–Kier alpha value is -1.21. The summed E-state index contributed by atoms with van der Waals surface area (Å²) < 4.78 is 24.9. The number of carbonyl (C=O) groups is 1. The average molecular weight is 316 g/mol. The number of nitrogens with zero attached hydrogens (tertiary/aromatic N) is 1. The summed E-state index contributed by atoms with van der Waals surface area (Å²) in [5.41, 5.74) is -0.770. The van der Waals surface area contributed by atoms with Crippen LogP contribution < -0.4 is 5.32 Å². The van der Waals surface area contributed by atoms with E-state index < -0.39 is 17.3 Å². The lowest BCUT2D eigenvalue weighted by molar-refractivity contribution is 0.00522. The van der Waals surface area contributed by atoms with E-state index in [9.17, 15) is 18.7 Å². The summed E-state index contributed by atoms with van der Waals surface area (Å²) in [6, 6.07) is 2.98. The first kappa shape index (κ1) is 16.2. The van der Waals surface area contributed by atoms with Gasteiger partial charge in [-0.2, -0.15) is 8.78 Å². The van der Waals surface area contributed by atoms with Crippen molar-refractivity contribution in [1.29, 1.82) is 0 Å². The predicted molar refractivity (Wildman–Crippen MR) is 76.5 cm³/mol. The highest BCUT2D eigenvalue weighted by molar-refractivity contribution is 7.99. The highest BCUT2D eigenvalue weighted by Crippen LogP contribution is 2.28. The van der Waals surface area contributed by atoms with E-state index >= 15 is 0 Å². The fourth-order valence-corrected chi connectivity index (χ4v) is 3.05. The molecule has 0 aliphatic heterocycles. The van der Waals surface area contributed by atoms with E-state index in [1.165, 1.54) is 18.3 Å². The Kier molecular flexibility index (Phi) is 5.52. The van der Waals surface area contributed by atoms with Crippen LogP contribution in [0.3, 0.4) is 0 Å². The molecule has 2 rings (SSSR count). The third-order valence-electron chi connectivity index (χ3n) is 3.58. The molecule has 7 heteroatoms. The number of nitrogens with one attached hydrogen (secondary N) is 1. The van der Waals surface area contributed by atoms with Crippen LogP contribution in [0.2, 0.25) is 0 Å². The first-order valence-electron chi connectivity index (χ1n) is 6.91. The zero-order valence-electron chi connectivity index (χ0n) is 11.5. The molecular weight excluding hydrogens is 298 g/mol. The third kappa shape index (κ3) is 4.64. The van der Waals surface area contributed by atoms with Gasteiger partial charge in [-0.25, -0.2) is 4.98 Å². The molecule has 1 aliphatic rings. The fourth-order valence-electron chi connectivity index (χ4n) is 2.47. The molecule has 4 nitrogen and oxygen atoms in total. The van der Waals surface area contributed by atoms with Gasteiger partial charge in [0.15, 0.2) is 0 Å². The number of thioether (sulfide) groups is 1. The minimum Gasteiger partial charge on any atom is -0.388 e. The van der Waals surface area contributed by atoms with Crippen molar-refractivity contribution in [3.63, 3.8) is 0 Å². The molecule has 1 aliphatic carbocycles. The SMILES string of the molecule is O=C(NCC1(O)CCCCC1)c1cccnc1SC(F)F. The molecule has 1 heterocycles. The Bertz CT molecular complexity index is 494. The first-order chi connectivity index (χ1) is 10.0. The van der Waals surface area contributed by atoms with Gasteiger partial charge < -0.3 is 10.4 Å². The molecule has 1 amide bonds. The number of rotatable bonds is 5. The smallest absolute Gasteiger partial charge is 0.290 e. The van der Waals surface area contributed by atoms with Crippen molar-refractivity contribution in [2.75, 3.05) is 6.54 Å². The molecule has 0 spiro atoms. The molecule has 0 atom stereocenters. The summed E-state index contributed by atoms with van der Waals surface area (Å²) >= 11 is 0.246. The second-order valence-corrected chi connectivity index (χ2v) is 6.18. The maximum atomic E-state index is 12.5. The molecular formula is C14H18F2N2O2S. The van der Waals surface area contributed by atoms with Crippen molar-refractivity contribution in [1.82, 2.24) is 10.3 Å². The second kappa shape index (κ2) is 7.17. The number of halogens is 2. The summed E-state index contributed by atoms with van der Waals surface area (Å²) in [6.07, 6.45) is 5.64. The van der Waals surface area contributed by atoms with Crippen LogP contribution in [-0.4, -0.2) is 33.9 Å². The van der Waals surface area contributed by atoms with Gasteiger partial charge in [-0.3, -0.25) is 4.79 Å². The predicted octanol–water partition coefficient (Wildman–Crippen LogP) is 2.82. The Morgan fingerprint density at radius 2 is 2.14 bits per heavy atom. The van der Waals surface area contributed by atoms with E-state index in [0.29, 0.717) is 12.8 Å². The molecule has 1 aromatic heterocycles. The van der Waals surface area contributed by atoms with Gasteiger partial charge in [-0.15, -0.1) is 0 Å². The summed E-state index contributed by atoms with van der Waals surface area (Å²) in [5.74, 6) is -3.11. The van der Waals surface area contributed by atoms with Crippen LogP contribution in [0.15, 0.2) is 23.4 Å². The molecule has 21 heavy (non-hydrogen) atoms. The lowest BCUT2D eigenvalue weighted by atomic mass is 9.85. The number of hydrogen-bond donors (Lipinski definition) is 2. The van der Waals surface area contributed by atoms with Gasteiger partial charge in [0.1, 0.15) is 5.03 Å². The van der Waals surface area contributed by atoms with E-state index in [0.717, 1.165) is 19.3 Å². The van der Waals surface area contributed by atoms with Crippen molar-refractivity contribution in [2.24, 2.45) is 0 Å². The third-order valence-corrected chi connectivity index (χ3v) is 4.31. The fraction of sp³-hybridized carbons (Fsp3) is 0.571. The summed E-state index contributed by atoms with van der Waals surface area (Å²) in [5, 5.41) is 13.0. The van der Waals surface area contributed by atoms with E-state index in [1.54, 1.807) is 0 Å². The zero-order chi connectivity index (χ0) is 15.3. The molecule has 0 radical (unpaired) electrons. The molecule has 1 saturated carbocycles. The molecule has 2 N–H and O–H groups in total. The lowest BCUT2D eigenvalue weighted by Crippen LogP contribution is -2.44. The first-order valence-corrected chi connectivity index (χ1v) is 7.79. The Morgan fingerprint density at radius 3 is 2.81 bits per heavy atom. The molecule has 1 fully saturated rings. The molecule has 1 aromatic rings. The quantitative estimate of drug-likeness (QED) is 0.820. The van der Waals surface area contributed by atoms with Crippen LogP contribution in [-0.2, 0) is 0 Å². The molecule has 116 valence electrons. The van der Waals surface area contributed by atoms with Crippen LogP contribution in [0, 0.1) is 0 Å². The second-order valence-electron chi connectivity index (χ2n) is 5.20. The number of carbonyl (C=O) groups excluding carboxylic acids is 1. The van der Waals surface area contributed by atoms with Crippen LogP contribution >= 0.6 is 11.8 Å². The Balaban J connectivity index is 2.00. The van der Waals surface area contributed by atoms with Gasteiger partial charge in [0, 0.05) is 12.7 Å². The van der Waals surface area contributed by atoms with Gasteiger partial charge in [-0.05, 0) is 36.7 Å². The number of alkyl halides is 2. The summed E-state index contributed by atoms with van der Waals surface area (Å²) in [6.45, 7) is 0.138. The summed E-state index contributed by atoms with van der Waals surface area (Å²) in [7, 11) is 0. The minimum atomic E-state index is -2.63. The Morgan fingerprint density at radius 1 is 1.43 bits per heavy atom. The highest BCUT2D eigenvalue weighted by atomic mass is 32.2. The topological polar surface area (TPSA) is 62.2 Å². The van der Waals surface area contributed by atoms with Crippen LogP contribution in [0.4, 0.5) is 8.78 Å². The van der Waals surface area contributed by atoms with Crippen LogP contribution in [0.5, 0.6) is 0 Å². The van der Waals surface area contributed by atoms with E-state index in [2.05, 4.69) is 10.3 Å². The molecule has 0 saturated heterocycles. The molecule has 0 unspecified atom stereocenters. The normalized spacial score (nSPS) is 17.7. The number of pyridine rings is 1. The van der Waals surface area contributed by atoms with Crippen molar-refractivity contribution in [3.8, 4) is 0 Å². The number of aromatic nitrogens is 1. The van der Waals surface area contributed by atoms with Crippen LogP contribution in [0.25, 0.3) is 0 Å². The number of amides is 1. The van der Waals surface area contributed by atoms with Gasteiger partial charge in [0.05, 0.1) is 11.2 Å². The van der Waals surface area contributed by atoms with Crippen molar-refractivity contribution in [3.05, 3.63) is 23.9 Å². The van der Waals surface area contributed by atoms with Crippen molar-refractivity contribution < 1.29 is 18.7 Å². The number of aliphatic hydroxyl groups is 1. The van der Waals surface area contributed by atoms with Crippen LogP contribution in [0.1, 0.15) is 42.5 Å². The number of hydrogen-bond acceptors (Lipinski definition) is 4. The van der Waals surface area contributed by atoms with Gasteiger partial charge in [0.25, 0.3) is 11.7 Å². The summed E-state index contributed by atoms with van der Waals surface area (Å²) in [4.78, 5) is 15.9. The van der Waals surface area contributed by atoms with Gasteiger partial charge >= 0.3 is 0 Å². The van der Waals surface area contributed by atoms with E-state index in [1.807, 2.05) is 0 Å². The monoisotopic (exact) mass is 316 g/mol. The van der Waals surface area contributed by atoms with Gasteiger partial charge in [-0.1, -0.05) is 19.3 Å². The molecule has 0 bridgehead atoms. The zero-order valence-corrected chi connectivity index (χ0v) is 12.3. The maximum absolute atomic E-state index is 12.5. The maximum Gasteiger partial charge on any atom is 0.290 e. The minimum absolute atomic E-state index is 0.000587. The Labute approximate surface area is 126 Å². The molecule has 0 aromatic carbocycles. The van der Waals surface area contributed by atoms with Crippen molar-refractivity contribution in [2.45, 2.75) is 48.5 Å². The average Bonchev–Trinajstić information content (AvgIpc) is 2.46.